The van der Waals surface area contributed by atoms with Crippen molar-refractivity contribution in [1.29, 1.82) is 0 Å². The summed E-state index contributed by atoms with van der Waals surface area (Å²) in [5.41, 5.74) is -0.196. The first-order valence-electron chi connectivity index (χ1n) is 8.50. The number of unbranched alkanes of at least 4 members (excludes halogenated alkanes) is 1. The molecule has 0 atom stereocenters. The molecule has 2 rings (SSSR count). The van der Waals surface area contributed by atoms with Crippen molar-refractivity contribution in [2.45, 2.75) is 32.1 Å². The first kappa shape index (κ1) is 23.5. The zero-order chi connectivity index (χ0) is 18.1. The predicted octanol–water partition coefficient (Wildman–Crippen LogP) is 1.14. The smallest absolute Gasteiger partial charge is 0.854 e. The van der Waals surface area contributed by atoms with Gasteiger partial charge in [-0.05, 0) is 61.4 Å². The molecular weight excluding hydrogens is 365 g/mol. The largest absolute Gasteiger partial charge is 1.00 e. The molecule has 0 fully saturated rings. The summed E-state index contributed by atoms with van der Waals surface area (Å²) in [5, 5.41) is 10.4. The van der Waals surface area contributed by atoms with E-state index in [-0.39, 0.29) is 69.1 Å². The first-order valence-corrected chi connectivity index (χ1v) is 8.50. The third-order valence-corrected chi connectivity index (χ3v) is 3.76. The van der Waals surface area contributed by atoms with Gasteiger partial charge in [-0.2, -0.15) is 8.78 Å². The van der Waals surface area contributed by atoms with Crippen molar-refractivity contribution in [1.82, 2.24) is 0 Å². The molecule has 0 radical (unpaired) electrons. The van der Waals surface area contributed by atoms with E-state index in [2.05, 4.69) is 6.92 Å². The van der Waals surface area contributed by atoms with Crippen molar-refractivity contribution in [3.63, 3.8) is 0 Å². The van der Waals surface area contributed by atoms with Gasteiger partial charge in [-0.3, -0.25) is 0 Å². The van der Waals surface area contributed by atoms with E-state index in [1.807, 2.05) is 0 Å². The number of benzene rings is 2. The number of ether oxygens (including phenoxy) is 2. The van der Waals surface area contributed by atoms with Crippen LogP contribution in [0.15, 0.2) is 48.5 Å². The zero-order valence-electron chi connectivity index (χ0n) is 15.3. The fourth-order valence-electron chi connectivity index (χ4n) is 2.27. The third-order valence-electron chi connectivity index (χ3n) is 3.76. The molecule has 26 heavy (non-hydrogen) atoms. The minimum absolute atomic E-state index is 0. The monoisotopic (exact) mass is 388 g/mol. The van der Waals surface area contributed by atoms with Crippen LogP contribution in [0.25, 0.3) is 0 Å². The molecule has 0 saturated heterocycles. The van der Waals surface area contributed by atoms with Gasteiger partial charge in [-0.15, -0.1) is 6.61 Å². The van der Waals surface area contributed by atoms with E-state index in [1.165, 1.54) is 36.4 Å². The maximum atomic E-state index is 14.6. The van der Waals surface area contributed by atoms with Gasteiger partial charge in [0.15, 0.2) is 0 Å². The van der Waals surface area contributed by atoms with Crippen LogP contribution in [0.2, 0.25) is 0 Å². The Labute approximate surface area is 196 Å². The summed E-state index contributed by atoms with van der Waals surface area (Å²) in [6.45, 7) is 2.72. The summed E-state index contributed by atoms with van der Waals surface area (Å²) in [4.78, 5) is 0. The third kappa shape index (κ3) is 6.91. The van der Waals surface area contributed by atoms with E-state index in [9.17, 15) is 13.9 Å². The fraction of sp³-hybridized carbons (Fsp3) is 0.400. The summed E-state index contributed by atoms with van der Waals surface area (Å²) in [6.07, 6.45) is 2.35. The van der Waals surface area contributed by atoms with Crippen molar-refractivity contribution in [2.24, 2.45) is 0 Å². The van der Waals surface area contributed by atoms with Crippen LogP contribution in [0, 0.1) is 0 Å². The van der Waals surface area contributed by atoms with Crippen LogP contribution in [-0.2, 0) is 5.92 Å². The molecule has 0 aliphatic rings. The van der Waals surface area contributed by atoms with Crippen LogP contribution in [-0.4, -0.2) is 19.8 Å². The second-order valence-corrected chi connectivity index (χ2v) is 5.73. The first-order chi connectivity index (χ1) is 12.1. The van der Waals surface area contributed by atoms with Crippen LogP contribution >= 0.6 is 0 Å². The minimum atomic E-state index is -3.10. The molecule has 0 unspecified atom stereocenters. The van der Waals surface area contributed by atoms with E-state index < -0.39 is 5.92 Å². The van der Waals surface area contributed by atoms with E-state index in [4.69, 9.17) is 9.47 Å². The van der Waals surface area contributed by atoms with Gasteiger partial charge >= 0.3 is 51.4 Å². The van der Waals surface area contributed by atoms with E-state index in [0.717, 1.165) is 12.8 Å². The molecule has 6 heteroatoms. The Morgan fingerprint density at radius 2 is 1.23 bits per heavy atom. The van der Waals surface area contributed by atoms with E-state index in [0.29, 0.717) is 31.1 Å². The minimum Gasteiger partial charge on any atom is -0.854 e. The SMILES string of the molecule is CCCCOc1ccc(C(F)(F)c2ccc(OCCC[O-])cc2)cc1.[K+]. The molecule has 0 aromatic heterocycles. The quantitative estimate of drug-likeness (QED) is 0.453. The summed E-state index contributed by atoms with van der Waals surface area (Å²) in [6, 6.07) is 11.6. The maximum Gasteiger partial charge on any atom is 1.00 e. The van der Waals surface area contributed by atoms with E-state index >= 15 is 0 Å². The molecule has 0 amide bonds. The average molecular weight is 388 g/mol. The maximum absolute atomic E-state index is 14.6. The van der Waals surface area contributed by atoms with Gasteiger partial charge in [0.1, 0.15) is 11.5 Å². The Morgan fingerprint density at radius 1 is 0.808 bits per heavy atom. The van der Waals surface area contributed by atoms with Crippen LogP contribution in [0.5, 0.6) is 11.5 Å². The topological polar surface area (TPSA) is 41.5 Å². The van der Waals surface area contributed by atoms with Crippen molar-refractivity contribution >= 4 is 0 Å². The zero-order valence-corrected chi connectivity index (χ0v) is 18.5. The molecule has 0 N–H and O–H groups in total. The molecule has 0 aliphatic heterocycles. The number of halogens is 2. The Bertz CT molecular complexity index is 575. The fourth-order valence-corrected chi connectivity index (χ4v) is 2.27. The molecule has 0 heterocycles. The van der Waals surface area contributed by atoms with Crippen molar-refractivity contribution in [2.75, 3.05) is 19.8 Å². The van der Waals surface area contributed by atoms with Gasteiger partial charge in [0.2, 0.25) is 0 Å². The Morgan fingerprint density at radius 3 is 1.62 bits per heavy atom. The Kier molecular flexibility index (Phi) is 10.9. The normalized spacial score (nSPS) is 10.9. The van der Waals surface area contributed by atoms with E-state index in [1.54, 1.807) is 12.1 Å². The molecule has 0 saturated carbocycles. The standard InChI is InChI=1S/C20H23F2O3.K/c1-2-3-14-24-18-9-5-16(6-10-18)20(21,22)17-7-11-19(12-8-17)25-15-4-13-23;/h5-12H,2-4,13-15H2,1H3;/q-1;+1. The molecular formula is C20H23F2KO3. The number of hydrogen-bond donors (Lipinski definition) is 0. The summed E-state index contributed by atoms with van der Waals surface area (Å²) in [5.74, 6) is -2.03. The number of rotatable bonds is 10. The summed E-state index contributed by atoms with van der Waals surface area (Å²) in [7, 11) is 0. The molecule has 0 spiro atoms. The van der Waals surface area contributed by atoms with Crippen LogP contribution < -0.4 is 66.0 Å². The molecule has 2 aromatic rings. The van der Waals surface area contributed by atoms with Crippen LogP contribution in [0.1, 0.15) is 37.3 Å². The van der Waals surface area contributed by atoms with Crippen molar-refractivity contribution in [3.05, 3.63) is 59.7 Å². The second-order valence-electron chi connectivity index (χ2n) is 5.73. The molecule has 3 nitrogen and oxygen atoms in total. The van der Waals surface area contributed by atoms with Crippen LogP contribution in [0.3, 0.4) is 0 Å². The van der Waals surface area contributed by atoms with Gasteiger partial charge in [0.05, 0.1) is 13.2 Å². The van der Waals surface area contributed by atoms with Gasteiger partial charge in [-0.25, -0.2) is 0 Å². The second kappa shape index (κ2) is 12.1. The Balaban J connectivity index is 0.00000338. The molecule has 0 aliphatic carbocycles. The predicted molar refractivity (Wildman–Crippen MR) is 91.3 cm³/mol. The molecule has 2 aromatic carbocycles. The van der Waals surface area contributed by atoms with Gasteiger partial charge < -0.3 is 14.6 Å². The number of alkyl halides is 2. The Hall–Kier alpha value is -0.504. The van der Waals surface area contributed by atoms with Gasteiger partial charge in [-0.1, -0.05) is 13.3 Å². The van der Waals surface area contributed by atoms with Gasteiger partial charge in [0.25, 0.3) is 5.92 Å². The van der Waals surface area contributed by atoms with Crippen molar-refractivity contribution < 1.29 is 74.7 Å². The number of hydrogen-bond acceptors (Lipinski definition) is 3. The van der Waals surface area contributed by atoms with Gasteiger partial charge in [0, 0.05) is 11.1 Å². The molecule has 136 valence electrons. The average Bonchev–Trinajstić information content (AvgIpc) is 2.63. The van der Waals surface area contributed by atoms with Crippen molar-refractivity contribution in [3.8, 4) is 11.5 Å². The molecule has 0 bridgehead atoms. The summed E-state index contributed by atoms with van der Waals surface area (Å²) >= 11 is 0. The summed E-state index contributed by atoms with van der Waals surface area (Å²) < 4.78 is 40.1. The van der Waals surface area contributed by atoms with Crippen LogP contribution in [0.4, 0.5) is 8.78 Å².